The largest absolute Gasteiger partial charge is 0.497 e. The number of thioether (sulfide) groups is 1. The van der Waals surface area contributed by atoms with Crippen LogP contribution in [0.25, 0.3) is 0 Å². The Bertz CT molecular complexity index is 1100. The number of hydrogen-bond acceptors (Lipinski definition) is 4. The fraction of sp³-hybridized carbons (Fsp3) is 0.286. The lowest BCUT2D eigenvalue weighted by atomic mass is 9.88. The second-order valence-electron chi connectivity index (χ2n) is 8.48. The third-order valence-corrected chi connectivity index (χ3v) is 7.28. The lowest BCUT2D eigenvalue weighted by Gasteiger charge is -2.21. The van der Waals surface area contributed by atoms with E-state index < -0.39 is 5.25 Å². The van der Waals surface area contributed by atoms with Gasteiger partial charge in [0, 0.05) is 22.2 Å². The number of nitrogens with one attached hydrogen (secondary N) is 2. The predicted octanol–water partition coefficient (Wildman–Crippen LogP) is 6.69. The summed E-state index contributed by atoms with van der Waals surface area (Å²) < 4.78 is 5.20. The highest BCUT2D eigenvalue weighted by molar-refractivity contribution is 8.00. The Labute approximate surface area is 205 Å². The van der Waals surface area contributed by atoms with Crippen molar-refractivity contribution in [3.8, 4) is 5.75 Å². The van der Waals surface area contributed by atoms with E-state index in [1.165, 1.54) is 18.2 Å². The molecule has 4 rings (SSSR count). The third-order valence-electron chi connectivity index (χ3n) is 6.03. The number of methoxy groups -OCH3 is 1. The van der Waals surface area contributed by atoms with E-state index in [9.17, 15) is 9.59 Å². The zero-order chi connectivity index (χ0) is 23.8. The van der Waals surface area contributed by atoms with E-state index in [0.29, 0.717) is 5.69 Å². The minimum absolute atomic E-state index is 0.0948. The molecule has 0 heterocycles. The number of benzene rings is 3. The SMILES string of the molecule is COc1ccc(NC(=O)C(Sc2cccc(NC(=O)C3CCCCC3)c2)c2ccccc2)cc1. The minimum atomic E-state index is -0.451. The fourth-order valence-electron chi connectivity index (χ4n) is 4.18. The Balaban J connectivity index is 1.49. The molecule has 6 heteroatoms. The van der Waals surface area contributed by atoms with Crippen molar-refractivity contribution in [3.63, 3.8) is 0 Å². The first kappa shape index (κ1) is 23.9. The molecule has 1 atom stereocenters. The maximum Gasteiger partial charge on any atom is 0.242 e. The molecule has 0 aromatic heterocycles. The van der Waals surface area contributed by atoms with Gasteiger partial charge in [-0.25, -0.2) is 0 Å². The van der Waals surface area contributed by atoms with E-state index in [0.717, 1.165) is 47.6 Å². The molecule has 2 N–H and O–H groups in total. The molecule has 1 saturated carbocycles. The number of ether oxygens (including phenoxy) is 1. The molecule has 0 saturated heterocycles. The zero-order valence-electron chi connectivity index (χ0n) is 19.3. The van der Waals surface area contributed by atoms with Crippen molar-refractivity contribution >= 4 is 35.0 Å². The van der Waals surface area contributed by atoms with E-state index in [4.69, 9.17) is 4.74 Å². The molecule has 0 bridgehead atoms. The van der Waals surface area contributed by atoms with Crippen molar-refractivity contribution in [2.45, 2.75) is 42.2 Å². The molecule has 0 radical (unpaired) electrons. The smallest absolute Gasteiger partial charge is 0.242 e. The zero-order valence-corrected chi connectivity index (χ0v) is 20.1. The molecular weight excluding hydrogens is 444 g/mol. The second-order valence-corrected chi connectivity index (χ2v) is 9.66. The monoisotopic (exact) mass is 474 g/mol. The van der Waals surface area contributed by atoms with Crippen LogP contribution < -0.4 is 15.4 Å². The lowest BCUT2D eigenvalue weighted by molar-refractivity contribution is -0.120. The van der Waals surface area contributed by atoms with Gasteiger partial charge in [-0.2, -0.15) is 0 Å². The molecule has 1 fully saturated rings. The van der Waals surface area contributed by atoms with Gasteiger partial charge < -0.3 is 15.4 Å². The Morgan fingerprint density at radius 3 is 2.29 bits per heavy atom. The Hall–Kier alpha value is -3.25. The number of carbonyl (C=O) groups is 2. The van der Waals surface area contributed by atoms with Crippen LogP contribution in [0.5, 0.6) is 5.75 Å². The second kappa shape index (κ2) is 11.7. The number of anilines is 2. The van der Waals surface area contributed by atoms with E-state index >= 15 is 0 Å². The summed E-state index contributed by atoms with van der Waals surface area (Å²) in [6.07, 6.45) is 5.38. The van der Waals surface area contributed by atoms with Crippen molar-refractivity contribution in [1.82, 2.24) is 0 Å². The van der Waals surface area contributed by atoms with Crippen LogP contribution in [0.2, 0.25) is 0 Å². The van der Waals surface area contributed by atoms with Crippen molar-refractivity contribution in [3.05, 3.63) is 84.4 Å². The Morgan fingerprint density at radius 1 is 0.853 bits per heavy atom. The van der Waals surface area contributed by atoms with Crippen LogP contribution >= 0.6 is 11.8 Å². The summed E-state index contributed by atoms with van der Waals surface area (Å²) in [6.45, 7) is 0. The van der Waals surface area contributed by atoms with Crippen molar-refractivity contribution in [1.29, 1.82) is 0 Å². The highest BCUT2D eigenvalue weighted by Gasteiger charge is 2.24. The normalized spacial score (nSPS) is 14.7. The van der Waals surface area contributed by atoms with E-state index in [1.807, 2.05) is 78.9 Å². The maximum absolute atomic E-state index is 13.3. The quantitative estimate of drug-likeness (QED) is 0.357. The first-order chi connectivity index (χ1) is 16.6. The van der Waals surface area contributed by atoms with Gasteiger partial charge in [-0.15, -0.1) is 11.8 Å². The molecule has 34 heavy (non-hydrogen) atoms. The molecule has 1 aliphatic rings. The molecule has 176 valence electrons. The van der Waals surface area contributed by atoms with E-state index in [-0.39, 0.29) is 17.7 Å². The molecule has 2 amide bonds. The number of amides is 2. The van der Waals surface area contributed by atoms with E-state index in [2.05, 4.69) is 10.6 Å². The van der Waals surface area contributed by atoms with Crippen LogP contribution in [0.15, 0.2) is 83.8 Å². The molecule has 0 spiro atoms. The molecule has 0 aliphatic heterocycles. The van der Waals surface area contributed by atoms with Crippen molar-refractivity contribution in [2.75, 3.05) is 17.7 Å². The highest BCUT2D eigenvalue weighted by Crippen LogP contribution is 2.37. The van der Waals surface area contributed by atoms with Crippen molar-refractivity contribution in [2.24, 2.45) is 5.92 Å². The minimum Gasteiger partial charge on any atom is -0.497 e. The average molecular weight is 475 g/mol. The summed E-state index contributed by atoms with van der Waals surface area (Å²) in [6, 6.07) is 24.7. The van der Waals surface area contributed by atoms with Gasteiger partial charge in [-0.3, -0.25) is 9.59 Å². The summed E-state index contributed by atoms with van der Waals surface area (Å²) in [5.41, 5.74) is 2.39. The number of rotatable bonds is 8. The summed E-state index contributed by atoms with van der Waals surface area (Å²) in [7, 11) is 1.61. The van der Waals surface area contributed by atoms with Gasteiger partial charge in [0.1, 0.15) is 11.0 Å². The van der Waals surface area contributed by atoms with Crippen LogP contribution in [0, 0.1) is 5.92 Å². The summed E-state index contributed by atoms with van der Waals surface area (Å²) >= 11 is 1.47. The van der Waals surface area contributed by atoms with Crippen molar-refractivity contribution < 1.29 is 14.3 Å². The maximum atomic E-state index is 13.3. The van der Waals surface area contributed by atoms with E-state index in [1.54, 1.807) is 7.11 Å². The first-order valence-electron chi connectivity index (χ1n) is 11.7. The average Bonchev–Trinajstić information content (AvgIpc) is 2.89. The first-order valence-corrected chi connectivity index (χ1v) is 12.6. The van der Waals surface area contributed by atoms with Gasteiger partial charge >= 0.3 is 0 Å². The Kier molecular flexibility index (Phi) is 8.26. The molecule has 3 aromatic rings. The Morgan fingerprint density at radius 2 is 1.59 bits per heavy atom. The van der Waals surface area contributed by atoms with Gasteiger partial charge in [0.2, 0.25) is 11.8 Å². The topological polar surface area (TPSA) is 67.4 Å². The number of carbonyl (C=O) groups excluding carboxylic acids is 2. The van der Waals surface area contributed by atoms with Crippen LogP contribution in [0.3, 0.4) is 0 Å². The molecule has 5 nitrogen and oxygen atoms in total. The highest BCUT2D eigenvalue weighted by atomic mass is 32.2. The van der Waals surface area contributed by atoms with Gasteiger partial charge in [0.15, 0.2) is 0 Å². The fourth-order valence-corrected chi connectivity index (χ4v) is 5.26. The predicted molar refractivity (Wildman–Crippen MR) is 138 cm³/mol. The summed E-state index contributed by atoms with van der Waals surface area (Å²) in [5, 5.41) is 5.65. The molecule has 1 unspecified atom stereocenters. The summed E-state index contributed by atoms with van der Waals surface area (Å²) in [4.78, 5) is 26.9. The van der Waals surface area contributed by atoms with Crippen LogP contribution in [0.1, 0.15) is 42.9 Å². The number of hydrogen-bond donors (Lipinski definition) is 2. The lowest BCUT2D eigenvalue weighted by Crippen LogP contribution is -2.24. The van der Waals surface area contributed by atoms with Gasteiger partial charge in [-0.1, -0.05) is 55.7 Å². The summed E-state index contributed by atoms with van der Waals surface area (Å²) in [5.74, 6) is 0.813. The van der Waals surface area contributed by atoms with Crippen LogP contribution in [-0.4, -0.2) is 18.9 Å². The van der Waals surface area contributed by atoms with Gasteiger partial charge in [-0.05, 0) is 60.9 Å². The third kappa shape index (κ3) is 6.41. The molecule has 1 aliphatic carbocycles. The van der Waals surface area contributed by atoms with Gasteiger partial charge in [0.25, 0.3) is 0 Å². The van der Waals surface area contributed by atoms with Crippen LogP contribution in [-0.2, 0) is 9.59 Å². The standard InChI is InChI=1S/C28H30N2O3S/c1-33-24-17-15-22(16-18-24)29-28(32)26(20-9-4-2-5-10-20)34-25-14-8-13-23(19-25)30-27(31)21-11-6-3-7-12-21/h2,4-5,8-10,13-19,21,26H,3,6-7,11-12H2,1H3,(H,29,32)(H,30,31). The van der Waals surface area contributed by atoms with Crippen LogP contribution in [0.4, 0.5) is 11.4 Å². The molecule has 3 aromatic carbocycles. The van der Waals surface area contributed by atoms with Gasteiger partial charge in [0.05, 0.1) is 7.11 Å². The molecular formula is C28H30N2O3S.